The van der Waals surface area contributed by atoms with Gasteiger partial charge in [0.05, 0.1) is 8.96 Å². The van der Waals surface area contributed by atoms with Crippen molar-refractivity contribution in [3.05, 3.63) is 0 Å². The monoisotopic (exact) mass is 177 g/mol. The average Bonchev–Trinajstić information content (AvgIpc) is 1.84. The van der Waals surface area contributed by atoms with Gasteiger partial charge in [-0.3, -0.25) is 4.67 Å². The summed E-state index contributed by atoms with van der Waals surface area (Å²) in [6.45, 7) is 10.7. The minimum absolute atomic E-state index is 0.0322. The van der Waals surface area contributed by atoms with Crippen molar-refractivity contribution < 1.29 is 4.89 Å². The zero-order valence-electron chi connectivity index (χ0n) is 7.96. The Bertz CT molecular complexity index is 86.1. The first kappa shape index (κ1) is 11.4. The van der Waals surface area contributed by atoms with Gasteiger partial charge in [-0.1, -0.05) is 27.7 Å². The Hall–Kier alpha value is 0.350. The lowest BCUT2D eigenvalue weighted by molar-refractivity contribution is 0.339. The molecule has 68 valence electrons. The molecule has 1 atom stereocenters. The van der Waals surface area contributed by atoms with Crippen LogP contribution in [0.5, 0.6) is 0 Å². The fourth-order valence-electron chi connectivity index (χ4n) is 1.04. The number of hydrogen-bond acceptors (Lipinski definition) is 2. The van der Waals surface area contributed by atoms with E-state index in [4.69, 9.17) is 4.89 Å². The van der Waals surface area contributed by atoms with Gasteiger partial charge in [-0.2, -0.15) is 0 Å². The van der Waals surface area contributed by atoms with Crippen molar-refractivity contribution in [1.82, 2.24) is 4.67 Å². The molecule has 0 rings (SSSR count). The molecule has 0 spiro atoms. The van der Waals surface area contributed by atoms with Crippen molar-refractivity contribution in [3.8, 4) is 0 Å². The van der Waals surface area contributed by atoms with E-state index in [9.17, 15) is 0 Å². The molecule has 0 bridgehead atoms. The van der Waals surface area contributed by atoms with E-state index in [1.165, 1.54) is 0 Å². The van der Waals surface area contributed by atoms with E-state index < -0.39 is 0 Å². The van der Waals surface area contributed by atoms with Crippen LogP contribution < -0.4 is 0 Å². The van der Waals surface area contributed by atoms with Crippen molar-refractivity contribution in [2.24, 2.45) is 11.8 Å². The van der Waals surface area contributed by atoms with E-state index in [1.54, 1.807) is 0 Å². The molecule has 0 saturated carbocycles. The normalized spacial score (nSPS) is 13.1. The molecule has 0 fully saturated rings. The van der Waals surface area contributed by atoms with Gasteiger partial charge < -0.3 is 4.89 Å². The lowest BCUT2D eigenvalue weighted by atomic mass is 10.2. The Labute approximate surface area is 71.9 Å². The van der Waals surface area contributed by atoms with Crippen LogP contribution in [0.3, 0.4) is 0 Å². The summed E-state index contributed by atoms with van der Waals surface area (Å²) in [5.41, 5.74) is 0. The molecule has 11 heavy (non-hydrogen) atoms. The van der Waals surface area contributed by atoms with Crippen molar-refractivity contribution in [2.45, 2.75) is 27.7 Å². The molecule has 0 aromatic carbocycles. The van der Waals surface area contributed by atoms with Gasteiger partial charge in [0.2, 0.25) is 0 Å². The van der Waals surface area contributed by atoms with E-state index in [-0.39, 0.29) is 8.96 Å². The average molecular weight is 177 g/mol. The van der Waals surface area contributed by atoms with Crippen molar-refractivity contribution in [3.63, 3.8) is 0 Å². The second-order valence-electron chi connectivity index (χ2n) is 3.79. The van der Waals surface area contributed by atoms with Gasteiger partial charge in [0, 0.05) is 13.1 Å². The van der Waals surface area contributed by atoms with Gasteiger partial charge in [0.25, 0.3) is 0 Å². The highest BCUT2D eigenvalue weighted by atomic mass is 31.1. The third-order valence-corrected chi connectivity index (χ3v) is 1.96. The van der Waals surface area contributed by atoms with Crippen LogP contribution in [0.4, 0.5) is 0 Å². The molecule has 0 aliphatic carbocycles. The first-order valence-electron chi connectivity index (χ1n) is 4.21. The number of nitrogens with zero attached hydrogens (tertiary/aromatic N) is 1. The molecule has 1 N–H and O–H groups in total. The summed E-state index contributed by atoms with van der Waals surface area (Å²) in [6, 6.07) is 0. The summed E-state index contributed by atoms with van der Waals surface area (Å²) >= 11 is 0. The van der Waals surface area contributed by atoms with Crippen LogP contribution in [0, 0.1) is 11.8 Å². The van der Waals surface area contributed by atoms with E-state index in [2.05, 4.69) is 32.4 Å². The van der Waals surface area contributed by atoms with Crippen LogP contribution in [0.25, 0.3) is 0 Å². The minimum Gasteiger partial charge on any atom is -0.361 e. The maximum absolute atomic E-state index is 8.98. The molecule has 0 saturated heterocycles. The molecule has 0 aliphatic rings. The number of hydrogen-bond donors (Lipinski definition) is 1. The largest absolute Gasteiger partial charge is 0.361 e. The minimum atomic E-state index is -0.0322. The van der Waals surface area contributed by atoms with Crippen molar-refractivity contribution in [1.29, 1.82) is 0 Å². The van der Waals surface area contributed by atoms with Crippen molar-refractivity contribution >= 4 is 8.96 Å². The smallest absolute Gasteiger partial charge is 0.0853 e. The fourth-order valence-corrected chi connectivity index (χ4v) is 1.93. The highest BCUT2D eigenvalue weighted by molar-refractivity contribution is 7.28. The second-order valence-corrected chi connectivity index (χ2v) is 4.63. The van der Waals surface area contributed by atoms with E-state index in [0.717, 1.165) is 13.1 Å². The SMILES string of the molecule is CC(C)CN(CC(C)C)PO. The summed E-state index contributed by atoms with van der Waals surface area (Å²) in [7, 11) is -0.0322. The van der Waals surface area contributed by atoms with Gasteiger partial charge in [0.1, 0.15) is 0 Å². The number of rotatable bonds is 5. The molecule has 0 aliphatic heterocycles. The molecule has 0 heterocycles. The Balaban J connectivity index is 3.58. The third kappa shape index (κ3) is 6.74. The summed E-state index contributed by atoms with van der Waals surface area (Å²) in [5.74, 6) is 1.29. The van der Waals surface area contributed by atoms with Gasteiger partial charge in [0.15, 0.2) is 0 Å². The summed E-state index contributed by atoms with van der Waals surface area (Å²) in [4.78, 5) is 8.98. The van der Waals surface area contributed by atoms with Crippen LogP contribution in [0.1, 0.15) is 27.7 Å². The van der Waals surface area contributed by atoms with Gasteiger partial charge in [-0.15, -0.1) is 0 Å². The third-order valence-electron chi connectivity index (χ3n) is 1.31. The molecule has 0 aromatic rings. The first-order chi connectivity index (χ1) is 5.06. The summed E-state index contributed by atoms with van der Waals surface area (Å²) < 4.78 is 2.11. The Kier molecular flexibility index (Phi) is 6.12. The van der Waals surface area contributed by atoms with Crippen LogP contribution >= 0.6 is 8.96 Å². The Morgan fingerprint density at radius 2 is 1.45 bits per heavy atom. The quantitative estimate of drug-likeness (QED) is 0.650. The summed E-state index contributed by atoms with van der Waals surface area (Å²) in [6.07, 6.45) is 0. The summed E-state index contributed by atoms with van der Waals surface area (Å²) in [5, 5.41) is 0. The van der Waals surface area contributed by atoms with E-state index >= 15 is 0 Å². The van der Waals surface area contributed by atoms with Crippen LogP contribution in [-0.4, -0.2) is 22.7 Å². The first-order valence-corrected chi connectivity index (χ1v) is 5.10. The maximum Gasteiger partial charge on any atom is 0.0853 e. The predicted molar refractivity (Wildman–Crippen MR) is 51.8 cm³/mol. The molecular formula is C8H20NOP. The zero-order valence-corrected chi connectivity index (χ0v) is 8.96. The van der Waals surface area contributed by atoms with Crippen molar-refractivity contribution in [2.75, 3.05) is 13.1 Å². The van der Waals surface area contributed by atoms with Gasteiger partial charge >= 0.3 is 0 Å². The fraction of sp³-hybridized carbons (Fsp3) is 1.00. The molecular weight excluding hydrogens is 157 g/mol. The zero-order chi connectivity index (χ0) is 8.85. The van der Waals surface area contributed by atoms with Crippen LogP contribution in [-0.2, 0) is 0 Å². The van der Waals surface area contributed by atoms with Crippen LogP contribution in [0.2, 0.25) is 0 Å². The van der Waals surface area contributed by atoms with Gasteiger partial charge in [-0.05, 0) is 11.8 Å². The highest BCUT2D eigenvalue weighted by Crippen LogP contribution is 2.16. The highest BCUT2D eigenvalue weighted by Gasteiger charge is 2.07. The Morgan fingerprint density at radius 1 is 1.09 bits per heavy atom. The lowest BCUT2D eigenvalue weighted by Gasteiger charge is -2.22. The topological polar surface area (TPSA) is 23.5 Å². The van der Waals surface area contributed by atoms with Crippen LogP contribution in [0.15, 0.2) is 0 Å². The standard InChI is InChI=1S/C8H20NOP/c1-7(2)5-9(11-10)6-8(3)4/h7-8,10-11H,5-6H2,1-4H3. The molecule has 1 unspecified atom stereocenters. The van der Waals surface area contributed by atoms with E-state index in [0.29, 0.717) is 11.8 Å². The molecule has 0 amide bonds. The van der Waals surface area contributed by atoms with E-state index in [1.807, 2.05) is 0 Å². The lowest BCUT2D eigenvalue weighted by Crippen LogP contribution is -2.23. The maximum atomic E-state index is 8.98. The predicted octanol–water partition coefficient (Wildman–Crippen LogP) is 2.10. The molecule has 2 nitrogen and oxygen atoms in total. The molecule has 0 radical (unpaired) electrons. The second kappa shape index (κ2) is 5.93. The molecule has 0 aromatic heterocycles. The molecule has 3 heteroatoms. The van der Waals surface area contributed by atoms with Gasteiger partial charge in [-0.25, -0.2) is 0 Å². The Morgan fingerprint density at radius 3 is 1.64 bits per heavy atom.